The summed E-state index contributed by atoms with van der Waals surface area (Å²) >= 11 is 0. The molecule has 0 spiro atoms. The second-order valence-corrected chi connectivity index (χ2v) is 5.39. The van der Waals surface area contributed by atoms with E-state index in [-0.39, 0.29) is 10.8 Å². The molecule has 1 atom stereocenters. The van der Waals surface area contributed by atoms with Crippen LogP contribution in [0.2, 0.25) is 0 Å². The minimum absolute atomic E-state index is 0.0319. The van der Waals surface area contributed by atoms with Crippen molar-refractivity contribution in [2.45, 2.75) is 23.8 Å². The van der Waals surface area contributed by atoms with Gasteiger partial charge in [0.2, 0.25) is 10.0 Å². The summed E-state index contributed by atoms with van der Waals surface area (Å²) in [7, 11) is -3.74. The van der Waals surface area contributed by atoms with Crippen LogP contribution in [-0.4, -0.2) is 13.5 Å². The third-order valence-electron chi connectivity index (χ3n) is 2.61. The summed E-state index contributed by atoms with van der Waals surface area (Å²) in [5.74, 6) is 0.188. The van der Waals surface area contributed by atoms with Crippen LogP contribution in [0.5, 0.6) is 0 Å². The van der Waals surface area contributed by atoms with Crippen molar-refractivity contribution in [3.05, 3.63) is 29.8 Å². The van der Waals surface area contributed by atoms with Crippen LogP contribution >= 0.6 is 0 Å². The van der Waals surface area contributed by atoms with Gasteiger partial charge >= 0.3 is 0 Å². The van der Waals surface area contributed by atoms with E-state index in [9.17, 15) is 13.5 Å². The molecule has 1 unspecified atom stereocenters. The highest BCUT2D eigenvalue weighted by Crippen LogP contribution is 2.42. The number of aliphatic hydroxyl groups is 1. The van der Waals surface area contributed by atoms with Gasteiger partial charge in [0.15, 0.2) is 0 Å². The summed E-state index contributed by atoms with van der Waals surface area (Å²) in [6.45, 7) is 0. The zero-order chi connectivity index (χ0) is 11.1. The minimum atomic E-state index is -3.74. The van der Waals surface area contributed by atoms with E-state index in [1.165, 1.54) is 6.07 Å². The maximum atomic E-state index is 11.3. The number of benzene rings is 1. The number of sulfonamides is 1. The molecule has 0 bridgehead atoms. The Balaban J connectivity index is 2.46. The molecule has 3 N–H and O–H groups in total. The Hall–Kier alpha value is -0.910. The fourth-order valence-corrected chi connectivity index (χ4v) is 2.44. The molecule has 0 aromatic heterocycles. The van der Waals surface area contributed by atoms with Crippen LogP contribution in [0.3, 0.4) is 0 Å². The number of aliphatic hydroxyl groups excluding tert-OH is 1. The predicted octanol–water partition coefficient (Wildman–Crippen LogP) is 0.777. The lowest BCUT2D eigenvalue weighted by atomic mass is 10.1. The highest BCUT2D eigenvalue weighted by Gasteiger charge is 2.33. The van der Waals surface area contributed by atoms with Crippen LogP contribution in [0.1, 0.15) is 24.5 Å². The van der Waals surface area contributed by atoms with Crippen molar-refractivity contribution in [1.82, 2.24) is 0 Å². The zero-order valence-electron chi connectivity index (χ0n) is 8.13. The summed E-state index contributed by atoms with van der Waals surface area (Å²) in [4.78, 5) is 0.0319. The molecule has 1 aliphatic carbocycles. The molecule has 0 heterocycles. The van der Waals surface area contributed by atoms with Gasteiger partial charge in [-0.3, -0.25) is 0 Å². The van der Waals surface area contributed by atoms with Crippen molar-refractivity contribution in [3.63, 3.8) is 0 Å². The molecule has 2 rings (SSSR count). The summed E-state index contributed by atoms with van der Waals surface area (Å²) < 4.78 is 22.5. The molecule has 0 aliphatic heterocycles. The molecular formula is C10H13NO3S. The zero-order valence-corrected chi connectivity index (χ0v) is 8.94. The maximum absolute atomic E-state index is 11.3. The summed E-state index contributed by atoms with van der Waals surface area (Å²) in [6, 6.07) is 6.34. The van der Waals surface area contributed by atoms with Crippen molar-refractivity contribution in [2.24, 2.45) is 11.1 Å². The number of rotatable bonds is 3. The molecule has 15 heavy (non-hydrogen) atoms. The maximum Gasteiger partial charge on any atom is 0.238 e. The van der Waals surface area contributed by atoms with E-state index in [0.717, 1.165) is 12.8 Å². The molecule has 82 valence electrons. The van der Waals surface area contributed by atoms with Gasteiger partial charge in [-0.25, -0.2) is 13.6 Å². The summed E-state index contributed by atoms with van der Waals surface area (Å²) in [6.07, 6.45) is 1.18. The van der Waals surface area contributed by atoms with Crippen LogP contribution in [0, 0.1) is 5.92 Å². The fourth-order valence-electron chi connectivity index (χ4n) is 1.65. The molecular weight excluding hydrogens is 214 g/mol. The lowest BCUT2D eigenvalue weighted by Crippen LogP contribution is -2.16. The van der Waals surface area contributed by atoms with Gasteiger partial charge in [-0.2, -0.15) is 0 Å². The van der Waals surface area contributed by atoms with Gasteiger partial charge in [0, 0.05) is 5.56 Å². The molecule has 5 heteroatoms. The van der Waals surface area contributed by atoms with Crippen molar-refractivity contribution in [3.8, 4) is 0 Å². The molecule has 1 aliphatic rings. The molecule has 0 saturated heterocycles. The Kier molecular flexibility index (Phi) is 2.54. The number of hydrogen-bond donors (Lipinski definition) is 2. The van der Waals surface area contributed by atoms with E-state index in [2.05, 4.69) is 0 Å². The van der Waals surface area contributed by atoms with Crippen LogP contribution in [-0.2, 0) is 10.0 Å². The van der Waals surface area contributed by atoms with E-state index in [0.29, 0.717) is 5.56 Å². The smallest absolute Gasteiger partial charge is 0.238 e. The molecule has 1 saturated carbocycles. The van der Waals surface area contributed by atoms with Gasteiger partial charge in [-0.1, -0.05) is 18.2 Å². The van der Waals surface area contributed by atoms with E-state index >= 15 is 0 Å². The first-order valence-electron chi connectivity index (χ1n) is 4.80. The molecule has 0 amide bonds. The van der Waals surface area contributed by atoms with Gasteiger partial charge in [-0.15, -0.1) is 0 Å². The van der Waals surface area contributed by atoms with E-state index < -0.39 is 16.1 Å². The first kappa shape index (κ1) is 10.6. The Morgan fingerprint density at radius 1 is 1.33 bits per heavy atom. The Morgan fingerprint density at radius 3 is 2.47 bits per heavy atom. The Labute approximate surface area is 88.8 Å². The fraction of sp³-hybridized carbons (Fsp3) is 0.400. The Bertz CT molecular complexity index is 465. The van der Waals surface area contributed by atoms with Crippen molar-refractivity contribution < 1.29 is 13.5 Å². The highest BCUT2D eigenvalue weighted by atomic mass is 32.2. The van der Waals surface area contributed by atoms with Crippen LogP contribution < -0.4 is 5.14 Å². The lowest BCUT2D eigenvalue weighted by molar-refractivity contribution is 0.151. The molecule has 0 radical (unpaired) electrons. The number of nitrogens with two attached hydrogens (primary N) is 1. The van der Waals surface area contributed by atoms with Crippen molar-refractivity contribution in [1.29, 1.82) is 0 Å². The van der Waals surface area contributed by atoms with Gasteiger partial charge in [0.05, 0.1) is 11.0 Å². The van der Waals surface area contributed by atoms with Crippen molar-refractivity contribution >= 4 is 10.0 Å². The standard InChI is InChI=1S/C10H13NO3S/c11-15(13,14)9-4-2-1-3-8(9)10(12)7-5-6-7/h1-4,7,10,12H,5-6H2,(H2,11,13,14). The van der Waals surface area contributed by atoms with Gasteiger partial charge in [-0.05, 0) is 24.8 Å². The quantitative estimate of drug-likeness (QED) is 0.800. The van der Waals surface area contributed by atoms with Crippen LogP contribution in [0.15, 0.2) is 29.2 Å². The average Bonchev–Trinajstić information content (AvgIpc) is 2.98. The largest absolute Gasteiger partial charge is 0.388 e. The minimum Gasteiger partial charge on any atom is -0.388 e. The van der Waals surface area contributed by atoms with Crippen LogP contribution in [0.4, 0.5) is 0 Å². The SMILES string of the molecule is NS(=O)(=O)c1ccccc1C(O)C1CC1. The number of primary sulfonamides is 1. The first-order chi connectivity index (χ1) is 7.00. The Morgan fingerprint density at radius 2 is 1.93 bits per heavy atom. The molecule has 1 aromatic rings. The van der Waals surface area contributed by atoms with E-state index in [4.69, 9.17) is 5.14 Å². The monoisotopic (exact) mass is 227 g/mol. The van der Waals surface area contributed by atoms with Crippen molar-refractivity contribution in [2.75, 3.05) is 0 Å². The second kappa shape index (κ2) is 3.59. The second-order valence-electron chi connectivity index (χ2n) is 3.87. The summed E-state index contributed by atoms with van der Waals surface area (Å²) in [5, 5.41) is 15.0. The first-order valence-corrected chi connectivity index (χ1v) is 6.34. The predicted molar refractivity (Wildman–Crippen MR) is 55.5 cm³/mol. The van der Waals surface area contributed by atoms with E-state index in [1.807, 2.05) is 0 Å². The third-order valence-corrected chi connectivity index (χ3v) is 3.60. The van der Waals surface area contributed by atoms with Gasteiger partial charge in [0.25, 0.3) is 0 Å². The van der Waals surface area contributed by atoms with Crippen LogP contribution in [0.25, 0.3) is 0 Å². The van der Waals surface area contributed by atoms with E-state index in [1.54, 1.807) is 18.2 Å². The third kappa shape index (κ3) is 2.19. The van der Waals surface area contributed by atoms with Gasteiger partial charge in [0.1, 0.15) is 0 Å². The number of hydrogen-bond acceptors (Lipinski definition) is 3. The summed E-state index contributed by atoms with van der Waals surface area (Å²) in [5.41, 5.74) is 0.419. The molecule has 1 aromatic carbocycles. The normalized spacial score (nSPS) is 18.8. The molecule has 1 fully saturated rings. The van der Waals surface area contributed by atoms with Gasteiger partial charge < -0.3 is 5.11 Å². The average molecular weight is 227 g/mol. The topological polar surface area (TPSA) is 80.4 Å². The molecule has 4 nitrogen and oxygen atoms in total. The highest BCUT2D eigenvalue weighted by molar-refractivity contribution is 7.89. The lowest BCUT2D eigenvalue weighted by Gasteiger charge is -2.13.